The molecule has 2 aromatic heterocycles. The van der Waals surface area contributed by atoms with Crippen LogP contribution in [0.5, 0.6) is 5.88 Å². The molecule has 4 heterocycles. The molecule has 0 spiro atoms. The van der Waals surface area contributed by atoms with Gasteiger partial charge in [0.2, 0.25) is 15.8 Å². The van der Waals surface area contributed by atoms with E-state index < -0.39 is 109 Å². The normalized spacial score (nSPS) is 18.1. The summed E-state index contributed by atoms with van der Waals surface area (Å²) in [4.78, 5) is 94.1. The number of methoxy groups -OCH3 is 1. The van der Waals surface area contributed by atoms with E-state index >= 15 is 0 Å². The summed E-state index contributed by atoms with van der Waals surface area (Å²) >= 11 is 1.45. The minimum absolute atomic E-state index is 0.00859. The number of carbonyl (C=O) groups is 7. The molecule has 428 valence electrons. The molecule has 1 fully saturated rings. The Kier molecular flexibility index (Phi) is 23.7. The standard InChI is InChI=1S/C45H69N7O20S4/c1-11-52(33-24-51(16-13-19-64-10)76(62,63)44-32(33)22-36(73-44)75(46,60)61)39(55)26(2)68-41(57)28(4)70-43(59)30(6)71-42(58)29(5)69-40(56)27(3)67-34(53)14-12-15-35(54)72-31(23-47-45(7,8)9)25-66-38-37(48-74-49-38)50-17-20-65-21-18-50/h22,26-31,33,47H,11-21,23-25H2,1-10H3,(H2,46,60,61)/t26?,27?,28?,29?,30?,31?,33-/m1/s1. The maximum absolute atomic E-state index is 13.8. The number of sulfonamides is 2. The number of esters is 6. The van der Waals surface area contributed by atoms with E-state index in [1.54, 1.807) is 6.92 Å². The zero-order valence-corrected chi connectivity index (χ0v) is 47.4. The van der Waals surface area contributed by atoms with Crippen LogP contribution in [-0.4, -0.2) is 191 Å². The van der Waals surface area contributed by atoms with Crippen molar-refractivity contribution < 1.29 is 93.0 Å². The smallest absolute Gasteiger partial charge is 0.347 e. The van der Waals surface area contributed by atoms with Crippen LogP contribution < -0.4 is 20.1 Å². The highest BCUT2D eigenvalue weighted by atomic mass is 32.3. The highest BCUT2D eigenvalue weighted by Gasteiger charge is 2.44. The van der Waals surface area contributed by atoms with Crippen LogP contribution in [0.1, 0.15) is 99.6 Å². The van der Waals surface area contributed by atoms with Crippen molar-refractivity contribution in [3.8, 4) is 5.88 Å². The topological polar surface area (TPSA) is 344 Å². The lowest BCUT2D eigenvalue weighted by Gasteiger charge is -2.39. The van der Waals surface area contributed by atoms with Crippen LogP contribution >= 0.6 is 23.1 Å². The fraction of sp³-hybridized carbons (Fsp3) is 0.711. The van der Waals surface area contributed by atoms with E-state index in [1.165, 1.54) is 25.9 Å². The first-order chi connectivity index (χ1) is 35.6. The second-order valence-electron chi connectivity index (χ2n) is 18.6. The number of morpholine rings is 1. The molecule has 31 heteroatoms. The molecule has 27 nitrogen and oxygen atoms in total. The van der Waals surface area contributed by atoms with E-state index in [0.29, 0.717) is 49.3 Å². The number of fused-ring (bicyclic) bond motifs is 1. The van der Waals surface area contributed by atoms with Gasteiger partial charge in [-0.2, -0.15) is 8.68 Å². The van der Waals surface area contributed by atoms with Crippen LogP contribution in [0, 0.1) is 0 Å². The fourth-order valence-corrected chi connectivity index (χ4v) is 12.0. The summed E-state index contributed by atoms with van der Waals surface area (Å²) in [5, 5.41) is 8.62. The van der Waals surface area contributed by atoms with Crippen LogP contribution in [-0.2, 0) is 91.5 Å². The number of ether oxygens (including phenoxy) is 9. The van der Waals surface area contributed by atoms with Crippen molar-refractivity contribution in [1.29, 1.82) is 0 Å². The second-order valence-corrected chi connectivity index (χ2v) is 24.1. The zero-order valence-electron chi connectivity index (χ0n) is 44.1. The van der Waals surface area contributed by atoms with Gasteiger partial charge in [-0.3, -0.25) is 14.4 Å². The Balaban J connectivity index is 1.21. The molecule has 7 atom stereocenters. The van der Waals surface area contributed by atoms with Gasteiger partial charge < -0.3 is 57.7 Å². The van der Waals surface area contributed by atoms with E-state index in [-0.39, 0.29) is 80.4 Å². The van der Waals surface area contributed by atoms with Crippen molar-refractivity contribution in [2.75, 3.05) is 77.7 Å². The average molecular weight is 1160 g/mol. The molecule has 0 aromatic carbocycles. The summed E-state index contributed by atoms with van der Waals surface area (Å²) in [6.45, 7) is 15.7. The van der Waals surface area contributed by atoms with E-state index in [2.05, 4.69) is 14.1 Å². The Morgan fingerprint density at radius 1 is 0.842 bits per heavy atom. The number of amides is 1. The molecule has 76 heavy (non-hydrogen) atoms. The van der Waals surface area contributed by atoms with Crippen LogP contribution in [0.3, 0.4) is 0 Å². The van der Waals surface area contributed by atoms with Crippen LogP contribution in [0.25, 0.3) is 0 Å². The number of nitrogens with zero attached hydrogens (tertiary/aromatic N) is 5. The fourth-order valence-electron chi connectivity index (χ4n) is 7.24. The number of rotatable bonds is 28. The Labute approximate surface area is 450 Å². The second kappa shape index (κ2) is 28.5. The lowest BCUT2D eigenvalue weighted by atomic mass is 10.1. The molecular weight excluding hydrogens is 1090 g/mol. The summed E-state index contributed by atoms with van der Waals surface area (Å²) in [6, 6.07) is 0.0811. The predicted molar refractivity (Wildman–Crippen MR) is 269 cm³/mol. The van der Waals surface area contributed by atoms with Gasteiger partial charge in [0.25, 0.3) is 21.8 Å². The number of carbonyl (C=O) groups excluding carboxylic acids is 7. The van der Waals surface area contributed by atoms with E-state index in [4.69, 9.17) is 47.8 Å². The zero-order chi connectivity index (χ0) is 56.7. The van der Waals surface area contributed by atoms with E-state index in [1.807, 2.05) is 25.7 Å². The van der Waals surface area contributed by atoms with Crippen molar-refractivity contribution in [2.45, 2.75) is 145 Å². The molecule has 0 aliphatic carbocycles. The van der Waals surface area contributed by atoms with Crippen LogP contribution in [0.15, 0.2) is 14.5 Å². The third-order valence-corrected chi connectivity index (χ3v) is 16.7. The predicted octanol–water partition coefficient (Wildman–Crippen LogP) is 1.22. The van der Waals surface area contributed by atoms with Gasteiger partial charge in [-0.25, -0.2) is 41.2 Å². The maximum Gasteiger partial charge on any atom is 0.347 e. The SMILES string of the molecule is CCN(C(=O)C(C)OC(=O)C(C)OC(=O)C(C)OC(=O)C(C)OC(=O)C(C)OC(=O)CCCC(=O)OC(CNC(C)(C)C)COc1nsnc1N1CCOCC1)[C@@H]1CN(CCCOC)S(=O)(=O)c2sc(S(N)(=O)=O)cc21. The van der Waals surface area contributed by atoms with Crippen LogP contribution in [0.4, 0.5) is 5.82 Å². The highest BCUT2D eigenvalue weighted by Crippen LogP contribution is 2.42. The third kappa shape index (κ3) is 18.5. The van der Waals surface area contributed by atoms with Gasteiger partial charge in [0.15, 0.2) is 30.5 Å². The largest absolute Gasteiger partial charge is 0.470 e. The number of hydrogen-bond acceptors (Lipinski definition) is 26. The number of likely N-dealkylation sites (N-methyl/N-ethyl adjacent to an activating group) is 1. The van der Waals surface area contributed by atoms with Gasteiger partial charge in [-0.1, -0.05) is 0 Å². The van der Waals surface area contributed by atoms with Crippen molar-refractivity contribution in [2.24, 2.45) is 5.14 Å². The van der Waals surface area contributed by atoms with Crippen LogP contribution in [0.2, 0.25) is 0 Å². The Hall–Kier alpha value is -5.15. The van der Waals surface area contributed by atoms with Gasteiger partial charge in [-0.15, -0.1) is 15.7 Å². The summed E-state index contributed by atoms with van der Waals surface area (Å²) in [5.41, 5.74) is -0.287. The lowest BCUT2D eigenvalue weighted by Crippen LogP contribution is -2.50. The first-order valence-corrected chi connectivity index (χ1v) is 28.8. The summed E-state index contributed by atoms with van der Waals surface area (Å²) in [5.74, 6) is -6.10. The van der Waals surface area contributed by atoms with Gasteiger partial charge in [0, 0.05) is 76.9 Å². The number of hydrogen-bond donors (Lipinski definition) is 2. The molecule has 6 unspecified atom stereocenters. The van der Waals surface area contributed by atoms with E-state index in [9.17, 15) is 50.4 Å². The first-order valence-electron chi connectivity index (χ1n) is 24.3. The lowest BCUT2D eigenvalue weighted by molar-refractivity contribution is -0.186. The van der Waals surface area contributed by atoms with E-state index in [0.717, 1.165) is 42.9 Å². The van der Waals surface area contributed by atoms with Crippen molar-refractivity contribution >= 4 is 90.7 Å². The van der Waals surface area contributed by atoms with Gasteiger partial charge in [-0.05, 0) is 81.2 Å². The monoisotopic (exact) mass is 1160 g/mol. The number of nitrogens with two attached hydrogens (primary N) is 1. The number of aromatic nitrogens is 2. The molecule has 0 bridgehead atoms. The van der Waals surface area contributed by atoms with Crippen molar-refractivity contribution in [1.82, 2.24) is 23.3 Å². The number of nitrogens with one attached hydrogen (secondary N) is 1. The van der Waals surface area contributed by atoms with Gasteiger partial charge in [0.05, 0.1) is 31.0 Å². The average Bonchev–Trinajstić information content (AvgIpc) is 4.03. The molecule has 2 aliphatic heterocycles. The molecule has 1 amide bonds. The molecule has 1 saturated heterocycles. The number of thiophene rings is 1. The molecule has 2 aromatic rings. The molecule has 2 aliphatic rings. The maximum atomic E-state index is 13.8. The van der Waals surface area contributed by atoms with Gasteiger partial charge >= 0.3 is 35.8 Å². The van der Waals surface area contributed by atoms with Crippen molar-refractivity contribution in [3.63, 3.8) is 0 Å². The summed E-state index contributed by atoms with van der Waals surface area (Å²) in [6.07, 6.45) is -8.82. The first kappa shape index (κ1) is 63.4. The van der Waals surface area contributed by atoms with Gasteiger partial charge in [0.1, 0.15) is 21.1 Å². The quantitative estimate of drug-likeness (QED) is 0.0687. The minimum atomic E-state index is -4.34. The summed E-state index contributed by atoms with van der Waals surface area (Å²) in [7, 11) is -7.10. The molecular formula is C45H69N7O20S4. The molecule has 4 rings (SSSR count). The minimum Gasteiger partial charge on any atom is -0.470 e. The molecule has 0 saturated carbocycles. The highest BCUT2D eigenvalue weighted by molar-refractivity contribution is 7.94. The van der Waals surface area contributed by atoms with Crippen molar-refractivity contribution in [3.05, 3.63) is 11.6 Å². The Bertz CT molecular complexity index is 2570. The Morgan fingerprint density at radius 3 is 1.91 bits per heavy atom. The molecule has 0 radical (unpaired) electrons. The molecule has 3 N–H and O–H groups in total. The summed E-state index contributed by atoms with van der Waals surface area (Å²) < 4.78 is 108. The number of anilines is 1. The Morgan fingerprint density at radius 2 is 1.38 bits per heavy atom. The third-order valence-electron chi connectivity index (χ3n) is 11.3. The number of primary sulfonamides is 1.